The second kappa shape index (κ2) is 11.0. The molecule has 2 aromatic carbocycles. The molecule has 1 unspecified atom stereocenters. The molecule has 3 rings (SSSR count). The second-order valence-corrected chi connectivity index (χ2v) is 6.83. The van der Waals surface area contributed by atoms with Crippen molar-refractivity contribution in [2.24, 2.45) is 4.99 Å². The minimum atomic E-state index is -0.421. The fourth-order valence-electron chi connectivity index (χ4n) is 3.25. The molecule has 1 atom stereocenters. The van der Waals surface area contributed by atoms with Crippen LogP contribution in [0.25, 0.3) is 0 Å². The van der Waals surface area contributed by atoms with Crippen molar-refractivity contribution < 1.29 is 13.9 Å². The van der Waals surface area contributed by atoms with Crippen molar-refractivity contribution in [1.29, 1.82) is 5.26 Å². The van der Waals surface area contributed by atoms with Crippen molar-refractivity contribution in [2.45, 2.75) is 39.5 Å². The zero-order chi connectivity index (χ0) is 20.8. The van der Waals surface area contributed by atoms with Crippen molar-refractivity contribution >= 4 is 29.9 Å². The minimum absolute atomic E-state index is 0. The fraction of sp³-hybridized carbons (Fsp3) is 0.364. The smallest absolute Gasteiger partial charge is 0.191 e. The lowest BCUT2D eigenvalue weighted by Crippen LogP contribution is -2.36. The summed E-state index contributed by atoms with van der Waals surface area (Å²) in [5.74, 6) is 1.83. The number of hydrogen-bond acceptors (Lipinski definition) is 4. The molecular formula is C22H26FIN4O2. The van der Waals surface area contributed by atoms with Crippen LogP contribution in [0, 0.1) is 17.1 Å². The molecule has 0 saturated carbocycles. The Balaban J connectivity index is 0.00000320. The van der Waals surface area contributed by atoms with Gasteiger partial charge in [0.15, 0.2) is 5.96 Å². The van der Waals surface area contributed by atoms with Crippen molar-refractivity contribution in [3.05, 3.63) is 58.4 Å². The number of nitrogens with one attached hydrogen (secondary N) is 2. The first-order valence-corrected chi connectivity index (χ1v) is 9.62. The zero-order valence-electron chi connectivity index (χ0n) is 17.3. The summed E-state index contributed by atoms with van der Waals surface area (Å²) in [6.45, 7) is 5.31. The van der Waals surface area contributed by atoms with E-state index in [1.807, 2.05) is 32.0 Å². The van der Waals surface area contributed by atoms with Gasteiger partial charge in [0.05, 0.1) is 18.2 Å². The Morgan fingerprint density at radius 1 is 1.27 bits per heavy atom. The van der Waals surface area contributed by atoms with Gasteiger partial charge in [0.1, 0.15) is 23.4 Å². The third-order valence-electron chi connectivity index (χ3n) is 4.68. The molecule has 6 nitrogen and oxygen atoms in total. The fourth-order valence-corrected chi connectivity index (χ4v) is 3.25. The molecule has 8 heteroatoms. The summed E-state index contributed by atoms with van der Waals surface area (Å²) < 4.78 is 25.7. The number of ether oxygens (including phenoxy) is 2. The molecule has 1 aliphatic heterocycles. The molecule has 0 aliphatic carbocycles. The van der Waals surface area contributed by atoms with E-state index in [1.165, 1.54) is 6.07 Å². The largest absolute Gasteiger partial charge is 0.494 e. The van der Waals surface area contributed by atoms with Crippen LogP contribution in [-0.4, -0.2) is 25.7 Å². The van der Waals surface area contributed by atoms with Gasteiger partial charge >= 0.3 is 0 Å². The number of rotatable bonds is 6. The molecule has 0 fully saturated rings. The predicted octanol–water partition coefficient (Wildman–Crippen LogP) is 3.90. The summed E-state index contributed by atoms with van der Waals surface area (Å²) in [4.78, 5) is 4.19. The quantitative estimate of drug-likeness (QED) is 0.341. The molecule has 0 spiro atoms. The third kappa shape index (κ3) is 5.75. The number of aliphatic imine (C=N–C) groups is 1. The lowest BCUT2D eigenvalue weighted by Gasteiger charge is -2.16. The Morgan fingerprint density at radius 3 is 2.63 bits per heavy atom. The molecule has 160 valence electrons. The Hall–Kier alpha value is -2.54. The van der Waals surface area contributed by atoms with Gasteiger partial charge in [-0.15, -0.1) is 24.0 Å². The van der Waals surface area contributed by atoms with Crippen LogP contribution in [0.15, 0.2) is 35.3 Å². The average Bonchev–Trinajstić information content (AvgIpc) is 3.07. The van der Waals surface area contributed by atoms with Crippen molar-refractivity contribution in [3.63, 3.8) is 0 Å². The molecule has 2 N–H and O–H groups in total. The molecule has 0 amide bonds. The number of nitrogens with zero attached hydrogens (tertiary/aromatic N) is 2. The van der Waals surface area contributed by atoms with Crippen LogP contribution in [0.4, 0.5) is 4.39 Å². The van der Waals surface area contributed by atoms with E-state index in [4.69, 9.17) is 14.7 Å². The number of hydrogen-bond donors (Lipinski definition) is 2. The summed E-state index contributed by atoms with van der Waals surface area (Å²) in [5, 5.41) is 15.2. The molecule has 30 heavy (non-hydrogen) atoms. The van der Waals surface area contributed by atoms with E-state index in [0.717, 1.165) is 29.0 Å². The molecule has 1 aliphatic rings. The number of guanidine groups is 1. The van der Waals surface area contributed by atoms with Crippen LogP contribution in [0.2, 0.25) is 0 Å². The molecule has 1 heterocycles. The van der Waals surface area contributed by atoms with Crippen molar-refractivity contribution in [2.75, 3.05) is 13.7 Å². The monoisotopic (exact) mass is 524 g/mol. The van der Waals surface area contributed by atoms with Gasteiger partial charge in [-0.1, -0.05) is 6.07 Å². The highest BCUT2D eigenvalue weighted by atomic mass is 127. The van der Waals surface area contributed by atoms with Gasteiger partial charge in [0.2, 0.25) is 0 Å². The normalized spacial score (nSPS) is 14.8. The van der Waals surface area contributed by atoms with Crippen LogP contribution in [-0.2, 0) is 19.5 Å². The van der Waals surface area contributed by atoms with E-state index < -0.39 is 5.82 Å². The van der Waals surface area contributed by atoms with E-state index in [9.17, 15) is 4.39 Å². The van der Waals surface area contributed by atoms with Gasteiger partial charge in [-0.25, -0.2) is 4.39 Å². The Kier molecular flexibility index (Phi) is 8.72. The van der Waals surface area contributed by atoms with E-state index >= 15 is 0 Å². The van der Waals surface area contributed by atoms with Gasteiger partial charge in [-0.2, -0.15) is 5.26 Å². The summed E-state index contributed by atoms with van der Waals surface area (Å²) in [6, 6.07) is 10.4. The van der Waals surface area contributed by atoms with E-state index in [2.05, 4.69) is 15.6 Å². The third-order valence-corrected chi connectivity index (χ3v) is 4.68. The van der Waals surface area contributed by atoms with Gasteiger partial charge in [-0.05, 0) is 38.1 Å². The second-order valence-electron chi connectivity index (χ2n) is 6.83. The van der Waals surface area contributed by atoms with Crippen molar-refractivity contribution in [1.82, 2.24) is 10.6 Å². The van der Waals surface area contributed by atoms with Crippen LogP contribution in [0.1, 0.15) is 36.1 Å². The number of fused-ring (bicyclic) bond motifs is 1. The maximum Gasteiger partial charge on any atom is 0.191 e. The molecule has 0 aromatic heterocycles. The number of nitriles is 1. The maximum atomic E-state index is 14.1. The summed E-state index contributed by atoms with van der Waals surface area (Å²) in [7, 11) is 1.65. The highest BCUT2D eigenvalue weighted by Gasteiger charge is 2.22. The molecule has 2 aromatic rings. The minimum Gasteiger partial charge on any atom is -0.494 e. The van der Waals surface area contributed by atoms with Gasteiger partial charge in [0, 0.05) is 43.2 Å². The first-order valence-electron chi connectivity index (χ1n) is 9.62. The maximum absolute atomic E-state index is 14.1. The Bertz CT molecular complexity index is 959. The molecule has 0 radical (unpaired) electrons. The van der Waals surface area contributed by atoms with Crippen LogP contribution in [0.5, 0.6) is 11.5 Å². The Morgan fingerprint density at radius 2 is 2.00 bits per heavy atom. The topological polar surface area (TPSA) is 78.7 Å². The number of halogens is 2. The van der Waals surface area contributed by atoms with Crippen LogP contribution in [0.3, 0.4) is 0 Å². The van der Waals surface area contributed by atoms with E-state index in [-0.39, 0.29) is 36.6 Å². The van der Waals surface area contributed by atoms with Crippen molar-refractivity contribution in [3.8, 4) is 17.6 Å². The molecule has 0 saturated heterocycles. The predicted molar refractivity (Wildman–Crippen MR) is 125 cm³/mol. The van der Waals surface area contributed by atoms with E-state index in [1.54, 1.807) is 19.2 Å². The molecule has 0 bridgehead atoms. The van der Waals surface area contributed by atoms with Crippen LogP contribution >= 0.6 is 24.0 Å². The Labute approximate surface area is 193 Å². The average molecular weight is 524 g/mol. The SMILES string of the molecule is CCOc1cc2c(cc1CNC(=NC)NCc1ccc(C#N)cc1F)OC(C)C2.I. The lowest BCUT2D eigenvalue weighted by molar-refractivity contribution is 0.254. The first-order chi connectivity index (χ1) is 14.0. The first kappa shape index (κ1) is 23.7. The highest BCUT2D eigenvalue weighted by molar-refractivity contribution is 14.0. The lowest BCUT2D eigenvalue weighted by atomic mass is 10.1. The zero-order valence-corrected chi connectivity index (χ0v) is 19.6. The van der Waals surface area contributed by atoms with Crippen LogP contribution < -0.4 is 20.1 Å². The number of benzene rings is 2. The molecular weight excluding hydrogens is 498 g/mol. The van der Waals surface area contributed by atoms with Gasteiger partial charge < -0.3 is 20.1 Å². The van der Waals surface area contributed by atoms with E-state index in [0.29, 0.717) is 30.2 Å². The van der Waals surface area contributed by atoms with Gasteiger partial charge in [-0.3, -0.25) is 4.99 Å². The standard InChI is InChI=1S/C22H25FN4O2.HI/c1-4-28-20-9-17-7-14(2)29-21(17)10-18(20)13-27-22(25-3)26-12-16-6-5-15(11-24)8-19(16)23;/h5-6,8-10,14H,4,7,12-13H2,1-3H3,(H2,25,26,27);1H. The summed E-state index contributed by atoms with van der Waals surface area (Å²) in [5.41, 5.74) is 2.88. The summed E-state index contributed by atoms with van der Waals surface area (Å²) >= 11 is 0. The van der Waals surface area contributed by atoms with Gasteiger partial charge in [0.25, 0.3) is 0 Å². The summed E-state index contributed by atoms with van der Waals surface area (Å²) in [6.07, 6.45) is 1.04. The highest BCUT2D eigenvalue weighted by Crippen LogP contribution is 2.35.